The summed E-state index contributed by atoms with van der Waals surface area (Å²) in [5.74, 6) is 0.181. The number of halogens is 3. The molecule has 9 heteroatoms. The fourth-order valence-electron chi connectivity index (χ4n) is 2.17. The third kappa shape index (κ3) is 4.25. The number of anilines is 2. The molecule has 2 aromatic carbocycles. The van der Waals surface area contributed by atoms with Crippen LogP contribution >= 0.6 is 0 Å². The first kappa shape index (κ1) is 16.7. The maximum Gasteiger partial charge on any atom is 0.573 e. The number of alkyl halides is 3. The molecule has 3 aromatic rings. The van der Waals surface area contributed by atoms with E-state index < -0.39 is 6.36 Å². The molecular formula is C16H14F3N5O. The van der Waals surface area contributed by atoms with E-state index in [1.165, 1.54) is 29.1 Å². The minimum atomic E-state index is -4.71. The molecule has 130 valence electrons. The van der Waals surface area contributed by atoms with E-state index in [2.05, 4.69) is 25.5 Å². The van der Waals surface area contributed by atoms with Crippen molar-refractivity contribution in [2.45, 2.75) is 19.8 Å². The van der Waals surface area contributed by atoms with E-state index >= 15 is 0 Å². The number of aromatic nitrogens is 4. The van der Waals surface area contributed by atoms with Crippen LogP contribution in [0.2, 0.25) is 0 Å². The largest absolute Gasteiger partial charge is 0.573 e. The molecule has 0 atom stereocenters. The summed E-state index contributed by atoms with van der Waals surface area (Å²) in [6.45, 7) is 2.50. The Hall–Kier alpha value is -3.10. The molecule has 0 aliphatic rings. The zero-order valence-electron chi connectivity index (χ0n) is 13.2. The number of benzene rings is 2. The van der Waals surface area contributed by atoms with Gasteiger partial charge in [-0.15, -0.1) is 23.4 Å². The van der Waals surface area contributed by atoms with Crippen molar-refractivity contribution < 1.29 is 17.9 Å². The highest BCUT2D eigenvalue weighted by Crippen LogP contribution is 2.29. The van der Waals surface area contributed by atoms with Crippen molar-refractivity contribution in [2.75, 3.05) is 5.32 Å². The van der Waals surface area contributed by atoms with E-state index in [1.807, 2.05) is 31.2 Å². The Bertz CT molecular complexity index is 845. The number of aryl methyl sites for hydroxylation is 1. The first-order valence-corrected chi connectivity index (χ1v) is 7.44. The predicted octanol–water partition coefficient (Wildman–Crippen LogP) is 4.00. The second kappa shape index (κ2) is 6.80. The van der Waals surface area contributed by atoms with Gasteiger partial charge in [0.05, 0.1) is 6.54 Å². The SMILES string of the molecule is CCn1nnc(-c2ccccc2Nc2ccc(OC(F)(F)F)cc2)n1. The number of hydrogen-bond donors (Lipinski definition) is 1. The number of hydrogen-bond acceptors (Lipinski definition) is 5. The van der Waals surface area contributed by atoms with Gasteiger partial charge < -0.3 is 10.1 Å². The highest BCUT2D eigenvalue weighted by molar-refractivity contribution is 5.77. The van der Waals surface area contributed by atoms with Crippen molar-refractivity contribution >= 4 is 11.4 Å². The standard InChI is InChI=1S/C16H14F3N5O/c1-2-24-22-15(21-23-24)13-5-3-4-6-14(13)20-11-7-9-12(10-8-11)25-16(17,18)19/h3-10,20H,2H2,1H3. The van der Waals surface area contributed by atoms with Crippen LogP contribution in [0.1, 0.15) is 6.92 Å². The lowest BCUT2D eigenvalue weighted by Crippen LogP contribution is -2.16. The van der Waals surface area contributed by atoms with Crippen LogP contribution in [-0.2, 0) is 6.54 Å². The summed E-state index contributed by atoms with van der Waals surface area (Å²) >= 11 is 0. The Balaban J connectivity index is 1.81. The van der Waals surface area contributed by atoms with Crippen molar-refractivity contribution in [3.05, 3.63) is 48.5 Å². The molecular weight excluding hydrogens is 335 g/mol. The van der Waals surface area contributed by atoms with Gasteiger partial charge in [0.1, 0.15) is 5.75 Å². The van der Waals surface area contributed by atoms with Crippen LogP contribution in [0.4, 0.5) is 24.5 Å². The lowest BCUT2D eigenvalue weighted by Gasteiger charge is -2.12. The summed E-state index contributed by atoms with van der Waals surface area (Å²) < 4.78 is 40.5. The lowest BCUT2D eigenvalue weighted by atomic mass is 10.1. The highest BCUT2D eigenvalue weighted by atomic mass is 19.4. The minimum absolute atomic E-state index is 0.279. The zero-order chi connectivity index (χ0) is 17.9. The summed E-state index contributed by atoms with van der Waals surface area (Å²) in [6.07, 6.45) is -4.71. The maximum absolute atomic E-state index is 12.2. The molecule has 0 aliphatic heterocycles. The fraction of sp³-hybridized carbons (Fsp3) is 0.188. The molecule has 0 amide bonds. The molecule has 0 spiro atoms. The van der Waals surface area contributed by atoms with E-state index in [-0.39, 0.29) is 5.75 Å². The topological polar surface area (TPSA) is 64.9 Å². The monoisotopic (exact) mass is 349 g/mol. The second-order valence-corrected chi connectivity index (χ2v) is 5.04. The predicted molar refractivity (Wildman–Crippen MR) is 85.3 cm³/mol. The average molecular weight is 349 g/mol. The van der Waals surface area contributed by atoms with Crippen molar-refractivity contribution in [3.8, 4) is 17.1 Å². The van der Waals surface area contributed by atoms with E-state index in [9.17, 15) is 13.2 Å². The fourth-order valence-corrected chi connectivity index (χ4v) is 2.17. The van der Waals surface area contributed by atoms with E-state index in [0.29, 0.717) is 23.7 Å². The molecule has 3 rings (SSSR count). The van der Waals surface area contributed by atoms with Gasteiger partial charge in [-0.2, -0.15) is 4.80 Å². The van der Waals surface area contributed by atoms with Crippen molar-refractivity contribution in [1.29, 1.82) is 0 Å². The third-order valence-electron chi connectivity index (χ3n) is 3.27. The summed E-state index contributed by atoms with van der Waals surface area (Å²) in [5, 5.41) is 15.3. The van der Waals surface area contributed by atoms with Crippen LogP contribution in [0, 0.1) is 0 Å². The Morgan fingerprint density at radius 2 is 1.80 bits per heavy atom. The Labute approximate surface area is 141 Å². The van der Waals surface area contributed by atoms with Crippen molar-refractivity contribution in [1.82, 2.24) is 20.2 Å². The Morgan fingerprint density at radius 3 is 2.44 bits per heavy atom. The summed E-state index contributed by atoms with van der Waals surface area (Å²) in [7, 11) is 0. The third-order valence-corrected chi connectivity index (χ3v) is 3.27. The van der Waals surface area contributed by atoms with E-state index in [4.69, 9.17) is 0 Å². The number of para-hydroxylation sites is 1. The smallest absolute Gasteiger partial charge is 0.406 e. The van der Waals surface area contributed by atoms with Crippen molar-refractivity contribution in [2.24, 2.45) is 0 Å². The van der Waals surface area contributed by atoms with Gasteiger partial charge in [0.2, 0.25) is 5.82 Å². The molecule has 0 radical (unpaired) electrons. The normalized spacial score (nSPS) is 11.4. The first-order valence-electron chi connectivity index (χ1n) is 7.44. The van der Waals surface area contributed by atoms with Crippen LogP contribution in [0.3, 0.4) is 0 Å². The first-order chi connectivity index (χ1) is 11.9. The second-order valence-electron chi connectivity index (χ2n) is 5.04. The minimum Gasteiger partial charge on any atom is -0.406 e. The van der Waals surface area contributed by atoms with Gasteiger partial charge in [0.25, 0.3) is 0 Å². The average Bonchev–Trinajstić information content (AvgIpc) is 3.05. The summed E-state index contributed by atoms with van der Waals surface area (Å²) in [6, 6.07) is 12.8. The Kier molecular flexibility index (Phi) is 4.55. The maximum atomic E-state index is 12.2. The van der Waals surface area contributed by atoms with Gasteiger partial charge in [-0.25, -0.2) is 0 Å². The van der Waals surface area contributed by atoms with Crippen LogP contribution in [0.5, 0.6) is 5.75 Å². The summed E-state index contributed by atoms with van der Waals surface area (Å²) in [4.78, 5) is 1.47. The van der Waals surface area contributed by atoms with Crippen LogP contribution in [0.15, 0.2) is 48.5 Å². The summed E-state index contributed by atoms with van der Waals surface area (Å²) in [5.41, 5.74) is 2.05. The number of ether oxygens (including phenoxy) is 1. The molecule has 6 nitrogen and oxygen atoms in total. The number of nitrogens with one attached hydrogen (secondary N) is 1. The molecule has 1 N–H and O–H groups in total. The number of rotatable bonds is 5. The van der Waals surface area contributed by atoms with E-state index in [0.717, 1.165) is 5.56 Å². The molecule has 25 heavy (non-hydrogen) atoms. The molecule has 0 aliphatic carbocycles. The molecule has 1 aromatic heterocycles. The number of tetrazole rings is 1. The highest BCUT2D eigenvalue weighted by Gasteiger charge is 2.30. The molecule has 0 saturated carbocycles. The van der Waals surface area contributed by atoms with Gasteiger partial charge >= 0.3 is 6.36 Å². The molecule has 0 bridgehead atoms. The molecule has 1 heterocycles. The molecule has 0 fully saturated rings. The van der Waals surface area contributed by atoms with Gasteiger partial charge in [0, 0.05) is 16.9 Å². The Morgan fingerprint density at radius 1 is 1.08 bits per heavy atom. The van der Waals surface area contributed by atoms with E-state index in [1.54, 1.807) is 0 Å². The molecule has 0 saturated heterocycles. The van der Waals surface area contributed by atoms with Crippen LogP contribution < -0.4 is 10.1 Å². The lowest BCUT2D eigenvalue weighted by molar-refractivity contribution is -0.274. The van der Waals surface area contributed by atoms with Crippen LogP contribution in [-0.4, -0.2) is 26.6 Å². The number of nitrogens with zero attached hydrogens (tertiary/aromatic N) is 4. The van der Waals surface area contributed by atoms with Gasteiger partial charge in [-0.05, 0) is 48.5 Å². The van der Waals surface area contributed by atoms with Gasteiger partial charge in [-0.1, -0.05) is 12.1 Å². The molecule has 0 unspecified atom stereocenters. The van der Waals surface area contributed by atoms with Crippen molar-refractivity contribution in [3.63, 3.8) is 0 Å². The van der Waals surface area contributed by atoms with Gasteiger partial charge in [-0.3, -0.25) is 0 Å². The van der Waals surface area contributed by atoms with Crippen LogP contribution in [0.25, 0.3) is 11.4 Å². The quantitative estimate of drug-likeness (QED) is 0.754. The zero-order valence-corrected chi connectivity index (χ0v) is 13.2. The van der Waals surface area contributed by atoms with Gasteiger partial charge in [0.15, 0.2) is 0 Å².